The molecule has 3 rings (SSSR count). The first-order valence-electron chi connectivity index (χ1n) is 13.4. The number of amides is 3. The summed E-state index contributed by atoms with van der Waals surface area (Å²) in [5.74, 6) is -0.778. The molecule has 0 saturated heterocycles. The molecule has 0 radical (unpaired) electrons. The Hall–Kier alpha value is -3.61. The molecule has 0 bridgehead atoms. The summed E-state index contributed by atoms with van der Waals surface area (Å²) in [7, 11) is 0. The molecule has 204 valence electrons. The van der Waals surface area contributed by atoms with E-state index in [1.54, 1.807) is 31.7 Å². The van der Waals surface area contributed by atoms with Crippen molar-refractivity contribution in [2.45, 2.75) is 84.2 Å². The molecule has 38 heavy (non-hydrogen) atoms. The van der Waals surface area contributed by atoms with Crippen LogP contribution in [0.2, 0.25) is 0 Å². The van der Waals surface area contributed by atoms with Gasteiger partial charge in [0.05, 0.1) is 0 Å². The summed E-state index contributed by atoms with van der Waals surface area (Å²) >= 11 is 0. The lowest BCUT2D eigenvalue weighted by Gasteiger charge is -2.44. The van der Waals surface area contributed by atoms with Gasteiger partial charge in [0.2, 0.25) is 11.8 Å². The van der Waals surface area contributed by atoms with Gasteiger partial charge < -0.3 is 20.3 Å². The second kappa shape index (κ2) is 12.8. The molecule has 7 nitrogen and oxygen atoms in total. The number of hydrogen-bond donors (Lipinski definition) is 2. The molecule has 0 heterocycles. The molecule has 2 aromatic rings. The maximum Gasteiger partial charge on any atom is 0.408 e. The topological polar surface area (TPSA) is 87.7 Å². The quantitative estimate of drug-likeness (QED) is 0.427. The van der Waals surface area contributed by atoms with Gasteiger partial charge in [-0.2, -0.15) is 0 Å². The highest BCUT2D eigenvalue weighted by atomic mass is 16.6. The second-order valence-electron chi connectivity index (χ2n) is 11.2. The van der Waals surface area contributed by atoms with Gasteiger partial charge in [-0.3, -0.25) is 9.59 Å². The Bertz CT molecular complexity index is 1120. The lowest BCUT2D eigenvalue weighted by molar-refractivity contribution is -0.148. The number of carbonyl (C=O) groups excluding carboxylic acids is 3. The zero-order valence-electron chi connectivity index (χ0n) is 23.2. The normalized spacial score (nSPS) is 15.1. The average Bonchev–Trinajstić information content (AvgIpc) is 2.83. The lowest BCUT2D eigenvalue weighted by Crippen LogP contribution is -2.58. The number of benzene rings is 2. The monoisotopic (exact) mass is 519 g/mol. The first-order chi connectivity index (χ1) is 18.0. The molecule has 7 heteroatoms. The van der Waals surface area contributed by atoms with Crippen molar-refractivity contribution in [2.75, 3.05) is 0 Å². The molecular weight excluding hydrogens is 478 g/mol. The van der Waals surface area contributed by atoms with Gasteiger partial charge in [-0.1, -0.05) is 75.0 Å². The van der Waals surface area contributed by atoms with Gasteiger partial charge in [0.1, 0.15) is 17.7 Å². The van der Waals surface area contributed by atoms with Crippen LogP contribution in [0.3, 0.4) is 0 Å². The largest absolute Gasteiger partial charge is 0.444 e. The molecule has 2 N–H and O–H groups in total. The molecule has 2 aromatic carbocycles. The minimum Gasteiger partial charge on any atom is -0.444 e. The molecular formula is C31H41N3O4. The smallest absolute Gasteiger partial charge is 0.408 e. The summed E-state index contributed by atoms with van der Waals surface area (Å²) in [6.45, 7) is 13.3. The van der Waals surface area contributed by atoms with Gasteiger partial charge in [0.15, 0.2) is 0 Å². The van der Waals surface area contributed by atoms with Crippen molar-refractivity contribution in [3.05, 3.63) is 77.9 Å². The maximum atomic E-state index is 14.2. The van der Waals surface area contributed by atoms with Crippen molar-refractivity contribution < 1.29 is 19.1 Å². The number of nitrogens with one attached hydrogen (secondary N) is 2. The Labute approximate surface area is 226 Å². The predicted octanol–water partition coefficient (Wildman–Crippen LogP) is 5.62. The maximum absolute atomic E-state index is 14.2. The van der Waals surface area contributed by atoms with E-state index >= 15 is 0 Å². The van der Waals surface area contributed by atoms with E-state index in [2.05, 4.69) is 17.2 Å². The van der Waals surface area contributed by atoms with Gasteiger partial charge in [-0.05, 0) is 68.7 Å². The molecule has 2 unspecified atom stereocenters. The summed E-state index contributed by atoms with van der Waals surface area (Å²) in [5.41, 5.74) is 1.82. The molecule has 1 aliphatic carbocycles. The van der Waals surface area contributed by atoms with Gasteiger partial charge >= 0.3 is 6.09 Å². The van der Waals surface area contributed by atoms with Crippen LogP contribution in [0.25, 0.3) is 6.08 Å². The van der Waals surface area contributed by atoms with E-state index < -0.39 is 23.8 Å². The third-order valence-corrected chi connectivity index (χ3v) is 6.63. The van der Waals surface area contributed by atoms with Crippen LogP contribution in [-0.4, -0.2) is 40.5 Å². The first-order valence-corrected chi connectivity index (χ1v) is 13.4. The number of rotatable bonds is 10. The van der Waals surface area contributed by atoms with Crippen LogP contribution in [0.1, 0.15) is 76.6 Å². The first kappa shape index (κ1) is 29.0. The Morgan fingerprint density at radius 2 is 1.76 bits per heavy atom. The van der Waals surface area contributed by atoms with E-state index in [0.29, 0.717) is 12.1 Å². The van der Waals surface area contributed by atoms with Crippen molar-refractivity contribution in [3.8, 4) is 0 Å². The highest BCUT2D eigenvalue weighted by molar-refractivity contribution is 5.92. The predicted molar refractivity (Wildman–Crippen MR) is 150 cm³/mol. The van der Waals surface area contributed by atoms with Crippen LogP contribution >= 0.6 is 0 Å². The van der Waals surface area contributed by atoms with Crippen LogP contribution in [0.5, 0.6) is 0 Å². The van der Waals surface area contributed by atoms with Gasteiger partial charge in [0.25, 0.3) is 0 Å². The highest BCUT2D eigenvalue weighted by Crippen LogP contribution is 2.34. The fourth-order valence-corrected chi connectivity index (χ4v) is 4.47. The number of alkyl carbamates (subject to hydrolysis) is 1. The van der Waals surface area contributed by atoms with Crippen molar-refractivity contribution >= 4 is 24.0 Å². The summed E-state index contributed by atoms with van der Waals surface area (Å²) < 4.78 is 5.45. The van der Waals surface area contributed by atoms with Crippen LogP contribution in [0.4, 0.5) is 4.79 Å². The average molecular weight is 520 g/mol. The van der Waals surface area contributed by atoms with Crippen LogP contribution < -0.4 is 10.6 Å². The van der Waals surface area contributed by atoms with Crippen molar-refractivity contribution in [3.63, 3.8) is 0 Å². The third-order valence-electron chi connectivity index (χ3n) is 6.63. The minimum atomic E-state index is -0.863. The highest BCUT2D eigenvalue weighted by Gasteiger charge is 2.42. The molecule has 0 spiro atoms. The summed E-state index contributed by atoms with van der Waals surface area (Å²) in [6.07, 6.45) is 3.64. The summed E-state index contributed by atoms with van der Waals surface area (Å²) in [4.78, 5) is 42.5. The molecule has 3 amide bonds. The van der Waals surface area contributed by atoms with E-state index in [0.717, 1.165) is 30.4 Å². The summed E-state index contributed by atoms with van der Waals surface area (Å²) in [5, 5.41) is 5.82. The Morgan fingerprint density at radius 3 is 2.32 bits per heavy atom. The fourth-order valence-electron chi connectivity index (χ4n) is 4.47. The Kier molecular flexibility index (Phi) is 9.72. The number of hydrogen-bond acceptors (Lipinski definition) is 4. The van der Waals surface area contributed by atoms with E-state index in [9.17, 15) is 14.4 Å². The van der Waals surface area contributed by atoms with Gasteiger partial charge in [-0.15, -0.1) is 0 Å². The zero-order chi connectivity index (χ0) is 27.9. The fraction of sp³-hybridized carbons (Fsp3) is 0.452. The second-order valence-corrected chi connectivity index (χ2v) is 11.2. The van der Waals surface area contributed by atoms with Crippen LogP contribution in [-0.2, 0) is 20.9 Å². The molecule has 1 aliphatic rings. The molecule has 1 saturated carbocycles. The standard InChI is InChI=1S/C31H41N3O4/c1-7-22-15-11-16-24(19-22)27(28(35)32-20-23-13-9-8-10-14-23)34(25-17-12-18-25)29(36)26(21(2)3)33-30(37)38-31(4,5)6/h7-11,13-16,19,21,25-27H,1,12,17-18,20H2,2-6H3,(H,32,35)(H,33,37). The molecule has 0 aromatic heterocycles. The SMILES string of the molecule is C=Cc1cccc(C(C(=O)NCc2ccccc2)N(C(=O)C(NC(=O)OC(C)(C)C)C(C)C)C2CCC2)c1. The van der Waals surface area contributed by atoms with E-state index in [-0.39, 0.29) is 23.8 Å². The lowest BCUT2D eigenvalue weighted by atomic mass is 9.87. The van der Waals surface area contributed by atoms with Crippen molar-refractivity contribution in [1.29, 1.82) is 0 Å². The Morgan fingerprint density at radius 1 is 1.08 bits per heavy atom. The van der Waals surface area contributed by atoms with Gasteiger partial charge in [0, 0.05) is 12.6 Å². The van der Waals surface area contributed by atoms with Crippen molar-refractivity contribution in [2.24, 2.45) is 5.92 Å². The molecule has 2 atom stereocenters. The summed E-state index contributed by atoms with van der Waals surface area (Å²) in [6, 6.07) is 15.4. The molecule has 0 aliphatic heterocycles. The number of nitrogens with zero attached hydrogens (tertiary/aromatic N) is 1. The van der Waals surface area contributed by atoms with E-state index in [4.69, 9.17) is 4.74 Å². The molecule has 1 fully saturated rings. The van der Waals surface area contributed by atoms with Crippen LogP contribution in [0.15, 0.2) is 61.2 Å². The van der Waals surface area contributed by atoms with Crippen molar-refractivity contribution in [1.82, 2.24) is 15.5 Å². The Balaban J connectivity index is 1.98. The van der Waals surface area contributed by atoms with Gasteiger partial charge in [-0.25, -0.2) is 4.79 Å². The van der Waals surface area contributed by atoms with E-state index in [1.165, 1.54) is 0 Å². The number of ether oxygens (including phenoxy) is 1. The van der Waals surface area contributed by atoms with Crippen LogP contribution in [0, 0.1) is 5.92 Å². The third kappa shape index (κ3) is 7.70. The number of carbonyl (C=O) groups is 3. The zero-order valence-corrected chi connectivity index (χ0v) is 23.2. The van der Waals surface area contributed by atoms with E-state index in [1.807, 2.05) is 68.4 Å². The minimum absolute atomic E-state index is 0.107.